The number of nitriles is 1. The van der Waals surface area contributed by atoms with Crippen LogP contribution in [-0.4, -0.2) is 4.92 Å². The van der Waals surface area contributed by atoms with E-state index in [4.69, 9.17) is 5.26 Å². The lowest BCUT2D eigenvalue weighted by Crippen LogP contribution is -1.91. The third kappa shape index (κ3) is 2.20. The zero-order valence-electron chi connectivity index (χ0n) is 9.75. The van der Waals surface area contributed by atoms with E-state index in [1.54, 1.807) is 6.07 Å². The number of nitro benzene ring substituents is 1. The van der Waals surface area contributed by atoms with Gasteiger partial charge >= 0.3 is 0 Å². The molecule has 0 aliphatic carbocycles. The standard InChI is InChI=1S/C14H10N2O2/c1-10-2-4-11(5-3-10)14-7-6-13(16(17)18)8-12(14)9-15/h2-8H,1H3. The molecule has 0 amide bonds. The molecule has 0 aliphatic heterocycles. The minimum absolute atomic E-state index is 0.0672. The monoisotopic (exact) mass is 238 g/mol. The molecular formula is C14H10N2O2. The summed E-state index contributed by atoms with van der Waals surface area (Å²) >= 11 is 0. The van der Waals surface area contributed by atoms with Crippen molar-refractivity contribution in [1.82, 2.24) is 0 Å². The second-order valence-corrected chi connectivity index (χ2v) is 3.96. The van der Waals surface area contributed by atoms with E-state index in [0.717, 1.165) is 11.1 Å². The van der Waals surface area contributed by atoms with Gasteiger partial charge in [-0.15, -0.1) is 0 Å². The first-order chi connectivity index (χ1) is 8.61. The van der Waals surface area contributed by atoms with Crippen molar-refractivity contribution in [1.29, 1.82) is 5.26 Å². The summed E-state index contributed by atoms with van der Waals surface area (Å²) in [5.41, 5.74) is 2.96. The number of aryl methyl sites for hydroxylation is 1. The van der Waals surface area contributed by atoms with Gasteiger partial charge in [-0.1, -0.05) is 29.8 Å². The van der Waals surface area contributed by atoms with Crippen LogP contribution in [0.3, 0.4) is 0 Å². The van der Waals surface area contributed by atoms with E-state index in [1.165, 1.54) is 12.1 Å². The molecule has 4 nitrogen and oxygen atoms in total. The summed E-state index contributed by atoms with van der Waals surface area (Å²) < 4.78 is 0. The van der Waals surface area contributed by atoms with Crippen LogP contribution in [0, 0.1) is 28.4 Å². The fourth-order valence-electron chi connectivity index (χ4n) is 1.72. The van der Waals surface area contributed by atoms with Crippen molar-refractivity contribution in [3.63, 3.8) is 0 Å². The van der Waals surface area contributed by atoms with Gasteiger partial charge in [0, 0.05) is 12.1 Å². The molecule has 4 heteroatoms. The topological polar surface area (TPSA) is 66.9 Å². The van der Waals surface area contributed by atoms with E-state index in [2.05, 4.69) is 0 Å². The molecule has 0 bridgehead atoms. The highest BCUT2D eigenvalue weighted by molar-refractivity contribution is 5.72. The summed E-state index contributed by atoms with van der Waals surface area (Å²) in [5, 5.41) is 19.7. The van der Waals surface area contributed by atoms with Gasteiger partial charge in [-0.3, -0.25) is 10.1 Å². The minimum atomic E-state index is -0.500. The summed E-state index contributed by atoms with van der Waals surface area (Å²) in [5.74, 6) is 0. The molecular weight excluding hydrogens is 228 g/mol. The molecule has 2 aromatic rings. The molecule has 0 saturated heterocycles. The average Bonchev–Trinajstić information content (AvgIpc) is 2.39. The molecule has 88 valence electrons. The van der Waals surface area contributed by atoms with Gasteiger partial charge in [0.25, 0.3) is 5.69 Å². The Morgan fingerprint density at radius 3 is 2.39 bits per heavy atom. The number of hydrogen-bond acceptors (Lipinski definition) is 3. The van der Waals surface area contributed by atoms with E-state index < -0.39 is 4.92 Å². The third-order valence-electron chi connectivity index (χ3n) is 2.70. The molecule has 0 N–H and O–H groups in total. The highest BCUT2D eigenvalue weighted by Gasteiger charge is 2.11. The predicted molar refractivity (Wildman–Crippen MR) is 68.0 cm³/mol. The molecule has 0 aromatic heterocycles. The maximum absolute atomic E-state index is 10.7. The van der Waals surface area contributed by atoms with Crippen molar-refractivity contribution < 1.29 is 4.92 Å². The van der Waals surface area contributed by atoms with Gasteiger partial charge in [-0.2, -0.15) is 5.26 Å². The Morgan fingerprint density at radius 1 is 1.17 bits per heavy atom. The van der Waals surface area contributed by atoms with Crippen molar-refractivity contribution in [2.75, 3.05) is 0 Å². The largest absolute Gasteiger partial charge is 0.270 e. The van der Waals surface area contributed by atoms with Crippen molar-refractivity contribution in [2.24, 2.45) is 0 Å². The van der Waals surface area contributed by atoms with Gasteiger partial charge in [0.05, 0.1) is 10.5 Å². The first-order valence-electron chi connectivity index (χ1n) is 5.37. The lowest BCUT2D eigenvalue weighted by Gasteiger charge is -2.04. The van der Waals surface area contributed by atoms with Crippen LogP contribution in [0.5, 0.6) is 0 Å². The maximum atomic E-state index is 10.7. The maximum Gasteiger partial charge on any atom is 0.270 e. The average molecular weight is 238 g/mol. The highest BCUT2D eigenvalue weighted by atomic mass is 16.6. The fraction of sp³-hybridized carbons (Fsp3) is 0.0714. The summed E-state index contributed by atoms with van der Waals surface area (Å²) in [6.45, 7) is 1.98. The molecule has 18 heavy (non-hydrogen) atoms. The van der Waals surface area contributed by atoms with Gasteiger partial charge in [-0.05, 0) is 24.1 Å². The van der Waals surface area contributed by atoms with E-state index in [-0.39, 0.29) is 5.69 Å². The Kier molecular flexibility index (Phi) is 3.07. The number of nitrogens with zero attached hydrogens (tertiary/aromatic N) is 2. The molecule has 0 saturated carbocycles. The SMILES string of the molecule is Cc1ccc(-c2ccc([N+](=O)[O-])cc2C#N)cc1. The van der Waals surface area contributed by atoms with Gasteiger partial charge in [0.2, 0.25) is 0 Å². The van der Waals surface area contributed by atoms with Crippen LogP contribution in [-0.2, 0) is 0 Å². The summed E-state index contributed by atoms with van der Waals surface area (Å²) in [7, 11) is 0. The van der Waals surface area contributed by atoms with Crippen LogP contribution in [0.25, 0.3) is 11.1 Å². The van der Waals surface area contributed by atoms with Crippen LogP contribution < -0.4 is 0 Å². The normalized spacial score (nSPS) is 9.78. The zero-order valence-corrected chi connectivity index (χ0v) is 9.75. The fourth-order valence-corrected chi connectivity index (χ4v) is 1.72. The van der Waals surface area contributed by atoms with Gasteiger partial charge in [0.1, 0.15) is 6.07 Å². The van der Waals surface area contributed by atoms with Gasteiger partial charge in [0.15, 0.2) is 0 Å². The Bertz CT molecular complexity index is 640. The van der Waals surface area contributed by atoms with Gasteiger partial charge < -0.3 is 0 Å². The number of nitro groups is 1. The first kappa shape index (κ1) is 11.8. The summed E-state index contributed by atoms with van der Waals surface area (Å²) in [4.78, 5) is 10.2. The number of non-ortho nitro benzene ring substituents is 1. The summed E-state index contributed by atoms with van der Waals surface area (Å²) in [6, 6.07) is 14.0. The quantitative estimate of drug-likeness (QED) is 0.594. The minimum Gasteiger partial charge on any atom is -0.258 e. The summed E-state index contributed by atoms with van der Waals surface area (Å²) in [6.07, 6.45) is 0. The van der Waals surface area contributed by atoms with E-state index in [9.17, 15) is 10.1 Å². The number of hydrogen-bond donors (Lipinski definition) is 0. The van der Waals surface area contributed by atoms with Gasteiger partial charge in [-0.25, -0.2) is 0 Å². The van der Waals surface area contributed by atoms with Crippen LogP contribution >= 0.6 is 0 Å². The predicted octanol–water partition coefficient (Wildman–Crippen LogP) is 3.44. The molecule has 0 heterocycles. The number of benzene rings is 2. The lowest BCUT2D eigenvalue weighted by molar-refractivity contribution is -0.384. The van der Waals surface area contributed by atoms with Crippen LogP contribution in [0.1, 0.15) is 11.1 Å². The molecule has 0 spiro atoms. The van der Waals surface area contributed by atoms with E-state index >= 15 is 0 Å². The van der Waals surface area contributed by atoms with Crippen LogP contribution in [0.2, 0.25) is 0 Å². The zero-order chi connectivity index (χ0) is 13.1. The van der Waals surface area contributed by atoms with E-state index in [0.29, 0.717) is 11.1 Å². The molecule has 0 radical (unpaired) electrons. The van der Waals surface area contributed by atoms with Crippen LogP contribution in [0.4, 0.5) is 5.69 Å². The van der Waals surface area contributed by atoms with Crippen molar-refractivity contribution in [3.05, 3.63) is 63.7 Å². The Hall–Kier alpha value is -2.67. The van der Waals surface area contributed by atoms with Crippen molar-refractivity contribution in [2.45, 2.75) is 6.92 Å². The Balaban J connectivity index is 2.55. The molecule has 2 aromatic carbocycles. The second kappa shape index (κ2) is 4.68. The van der Waals surface area contributed by atoms with E-state index in [1.807, 2.05) is 37.3 Å². The van der Waals surface area contributed by atoms with Crippen molar-refractivity contribution in [3.8, 4) is 17.2 Å². The third-order valence-corrected chi connectivity index (χ3v) is 2.70. The molecule has 0 atom stereocenters. The molecule has 2 rings (SSSR count). The first-order valence-corrected chi connectivity index (χ1v) is 5.37. The van der Waals surface area contributed by atoms with Crippen LogP contribution in [0.15, 0.2) is 42.5 Å². The Morgan fingerprint density at radius 2 is 1.83 bits per heavy atom. The lowest BCUT2D eigenvalue weighted by atomic mass is 9.99. The molecule has 0 fully saturated rings. The molecule has 0 aliphatic rings. The van der Waals surface area contributed by atoms with Crippen molar-refractivity contribution >= 4 is 5.69 Å². The highest BCUT2D eigenvalue weighted by Crippen LogP contribution is 2.27. The second-order valence-electron chi connectivity index (χ2n) is 3.96. The smallest absolute Gasteiger partial charge is 0.258 e. The number of rotatable bonds is 2. The Labute approximate surface area is 104 Å². The molecule has 0 unspecified atom stereocenters.